The van der Waals surface area contributed by atoms with Gasteiger partial charge in [0.1, 0.15) is 6.04 Å². The van der Waals surface area contributed by atoms with Crippen LogP contribution < -0.4 is 10.6 Å². The number of anilines is 1. The molecule has 20 heavy (non-hydrogen) atoms. The molecule has 0 spiro atoms. The Bertz CT molecular complexity index is 652. The summed E-state index contributed by atoms with van der Waals surface area (Å²) in [4.78, 5) is 13.2. The fourth-order valence-electron chi connectivity index (χ4n) is 2.35. The van der Waals surface area contributed by atoms with Crippen LogP contribution in [0.25, 0.3) is 0 Å². The van der Waals surface area contributed by atoms with E-state index in [2.05, 4.69) is 39.3 Å². The third-order valence-electron chi connectivity index (χ3n) is 3.50. The number of hydrogen-bond donors (Lipinski definition) is 2. The summed E-state index contributed by atoms with van der Waals surface area (Å²) in [6.45, 7) is 4.46. The Hall–Kier alpha value is -1.95. The SMILES string of the molecule is Cc1ccc2c(c1)C[C@H](C(=O)NCc1snnc1C)N2. The molecule has 1 aromatic carbocycles. The van der Waals surface area contributed by atoms with Crippen LogP contribution in [0.1, 0.15) is 21.7 Å². The standard InChI is InChI=1S/C14H16N4OS/c1-8-3-4-11-10(5-8)6-12(16-11)14(19)15-7-13-9(2)17-18-20-13/h3-5,12,16H,6-7H2,1-2H3,(H,15,19)/t12-/m1/s1. The summed E-state index contributed by atoms with van der Waals surface area (Å²) in [6, 6.07) is 6.04. The summed E-state index contributed by atoms with van der Waals surface area (Å²) in [5, 5.41) is 10.1. The van der Waals surface area contributed by atoms with Crippen molar-refractivity contribution in [3.05, 3.63) is 39.9 Å². The van der Waals surface area contributed by atoms with Crippen LogP contribution in [0.4, 0.5) is 5.69 Å². The van der Waals surface area contributed by atoms with Crippen LogP contribution in [0.2, 0.25) is 0 Å². The molecule has 0 bridgehead atoms. The van der Waals surface area contributed by atoms with E-state index in [0.29, 0.717) is 6.54 Å². The fraction of sp³-hybridized carbons (Fsp3) is 0.357. The van der Waals surface area contributed by atoms with Crippen LogP contribution in [-0.4, -0.2) is 21.5 Å². The second-order valence-electron chi connectivity index (χ2n) is 5.06. The summed E-state index contributed by atoms with van der Waals surface area (Å²) in [7, 11) is 0. The minimum atomic E-state index is -0.187. The molecular formula is C14H16N4OS. The van der Waals surface area contributed by atoms with Gasteiger partial charge in [-0.05, 0) is 37.0 Å². The van der Waals surface area contributed by atoms with E-state index < -0.39 is 0 Å². The van der Waals surface area contributed by atoms with E-state index >= 15 is 0 Å². The lowest BCUT2D eigenvalue weighted by molar-refractivity contribution is -0.121. The van der Waals surface area contributed by atoms with Gasteiger partial charge < -0.3 is 10.6 Å². The van der Waals surface area contributed by atoms with Gasteiger partial charge in [-0.2, -0.15) is 0 Å². The zero-order valence-corrected chi connectivity index (χ0v) is 12.3. The predicted molar refractivity (Wildman–Crippen MR) is 78.8 cm³/mol. The molecule has 0 unspecified atom stereocenters. The Balaban J connectivity index is 1.61. The van der Waals surface area contributed by atoms with Gasteiger partial charge in [-0.25, -0.2) is 0 Å². The van der Waals surface area contributed by atoms with Crippen LogP contribution in [0.5, 0.6) is 0 Å². The number of benzene rings is 1. The van der Waals surface area contributed by atoms with Crippen molar-refractivity contribution in [2.45, 2.75) is 32.9 Å². The Kier molecular flexibility index (Phi) is 3.40. The number of rotatable bonds is 3. The fourth-order valence-corrected chi connectivity index (χ4v) is 2.92. The van der Waals surface area contributed by atoms with Crippen LogP contribution in [0.3, 0.4) is 0 Å². The minimum absolute atomic E-state index is 0.0200. The van der Waals surface area contributed by atoms with E-state index in [-0.39, 0.29) is 11.9 Å². The number of nitrogens with one attached hydrogen (secondary N) is 2. The van der Waals surface area contributed by atoms with E-state index in [0.717, 1.165) is 22.7 Å². The van der Waals surface area contributed by atoms with E-state index in [1.54, 1.807) is 0 Å². The molecule has 0 aliphatic carbocycles. The molecule has 3 rings (SSSR count). The summed E-state index contributed by atoms with van der Waals surface area (Å²) >= 11 is 1.33. The third-order valence-corrected chi connectivity index (χ3v) is 4.32. The van der Waals surface area contributed by atoms with Crippen molar-refractivity contribution >= 4 is 23.1 Å². The maximum Gasteiger partial charge on any atom is 0.243 e. The Morgan fingerprint density at radius 1 is 1.50 bits per heavy atom. The highest BCUT2D eigenvalue weighted by molar-refractivity contribution is 7.05. The van der Waals surface area contributed by atoms with Gasteiger partial charge in [0.2, 0.25) is 5.91 Å². The van der Waals surface area contributed by atoms with Crippen LogP contribution >= 0.6 is 11.5 Å². The van der Waals surface area contributed by atoms with Gasteiger partial charge in [-0.3, -0.25) is 4.79 Å². The zero-order chi connectivity index (χ0) is 14.1. The molecule has 1 amide bonds. The van der Waals surface area contributed by atoms with Crippen molar-refractivity contribution in [1.82, 2.24) is 14.9 Å². The molecule has 2 aromatic rings. The maximum absolute atomic E-state index is 12.2. The van der Waals surface area contributed by atoms with Crippen molar-refractivity contribution < 1.29 is 4.79 Å². The van der Waals surface area contributed by atoms with Gasteiger partial charge in [0.25, 0.3) is 0 Å². The zero-order valence-electron chi connectivity index (χ0n) is 11.4. The first-order valence-corrected chi connectivity index (χ1v) is 7.32. The third kappa shape index (κ3) is 2.51. The number of carbonyl (C=O) groups is 1. The van der Waals surface area contributed by atoms with E-state index in [1.165, 1.54) is 22.7 Å². The molecule has 5 nitrogen and oxygen atoms in total. The van der Waals surface area contributed by atoms with E-state index in [1.807, 2.05) is 13.0 Å². The second kappa shape index (κ2) is 5.20. The Morgan fingerprint density at radius 2 is 2.35 bits per heavy atom. The van der Waals surface area contributed by atoms with Gasteiger partial charge in [0.15, 0.2) is 0 Å². The average Bonchev–Trinajstić information content (AvgIpc) is 3.01. The minimum Gasteiger partial charge on any atom is -0.373 e. The number of aromatic nitrogens is 2. The molecular weight excluding hydrogens is 272 g/mol. The quantitative estimate of drug-likeness (QED) is 0.904. The molecule has 6 heteroatoms. The molecule has 1 aliphatic heterocycles. The molecule has 0 fully saturated rings. The van der Waals surface area contributed by atoms with Gasteiger partial charge in [-0.15, -0.1) is 5.10 Å². The molecule has 1 atom stereocenters. The van der Waals surface area contributed by atoms with Crippen LogP contribution in [-0.2, 0) is 17.8 Å². The Morgan fingerprint density at radius 3 is 3.10 bits per heavy atom. The number of aryl methyl sites for hydroxylation is 2. The summed E-state index contributed by atoms with van der Waals surface area (Å²) in [6.07, 6.45) is 0.739. The summed E-state index contributed by atoms with van der Waals surface area (Å²) in [5.74, 6) is 0.0200. The molecule has 2 heterocycles. The first kappa shape index (κ1) is 13.1. The molecule has 0 saturated heterocycles. The first-order chi connectivity index (χ1) is 9.63. The maximum atomic E-state index is 12.2. The largest absolute Gasteiger partial charge is 0.373 e. The van der Waals surface area contributed by atoms with Crippen LogP contribution in [0, 0.1) is 13.8 Å². The van der Waals surface area contributed by atoms with Crippen molar-refractivity contribution in [2.24, 2.45) is 0 Å². The van der Waals surface area contributed by atoms with Crippen molar-refractivity contribution in [3.63, 3.8) is 0 Å². The van der Waals surface area contributed by atoms with E-state index in [4.69, 9.17) is 0 Å². The highest BCUT2D eigenvalue weighted by atomic mass is 32.1. The lowest BCUT2D eigenvalue weighted by Gasteiger charge is -2.11. The lowest BCUT2D eigenvalue weighted by atomic mass is 10.1. The lowest BCUT2D eigenvalue weighted by Crippen LogP contribution is -2.37. The van der Waals surface area contributed by atoms with Crippen molar-refractivity contribution in [1.29, 1.82) is 0 Å². The molecule has 104 valence electrons. The van der Waals surface area contributed by atoms with Gasteiger partial charge in [0, 0.05) is 12.1 Å². The monoisotopic (exact) mass is 288 g/mol. The Labute approximate surface area is 121 Å². The average molecular weight is 288 g/mol. The number of carbonyl (C=O) groups excluding carboxylic acids is 1. The molecule has 1 aromatic heterocycles. The smallest absolute Gasteiger partial charge is 0.243 e. The second-order valence-corrected chi connectivity index (χ2v) is 5.90. The highest BCUT2D eigenvalue weighted by Crippen LogP contribution is 2.26. The van der Waals surface area contributed by atoms with Gasteiger partial charge in [-0.1, -0.05) is 22.2 Å². The van der Waals surface area contributed by atoms with Crippen molar-refractivity contribution in [3.8, 4) is 0 Å². The summed E-state index contributed by atoms with van der Waals surface area (Å²) < 4.78 is 3.86. The van der Waals surface area contributed by atoms with Crippen molar-refractivity contribution in [2.75, 3.05) is 5.32 Å². The number of nitrogens with zero attached hydrogens (tertiary/aromatic N) is 2. The summed E-state index contributed by atoms with van der Waals surface area (Å²) in [5.41, 5.74) is 4.37. The van der Waals surface area contributed by atoms with Gasteiger partial charge >= 0.3 is 0 Å². The highest BCUT2D eigenvalue weighted by Gasteiger charge is 2.26. The number of fused-ring (bicyclic) bond motifs is 1. The number of hydrogen-bond acceptors (Lipinski definition) is 5. The van der Waals surface area contributed by atoms with Crippen LogP contribution in [0.15, 0.2) is 18.2 Å². The number of amides is 1. The molecule has 1 aliphatic rings. The molecule has 0 radical (unpaired) electrons. The van der Waals surface area contributed by atoms with E-state index in [9.17, 15) is 4.79 Å². The van der Waals surface area contributed by atoms with Gasteiger partial charge in [0.05, 0.1) is 17.1 Å². The topological polar surface area (TPSA) is 66.9 Å². The molecule has 2 N–H and O–H groups in total. The molecule has 0 saturated carbocycles. The normalized spacial score (nSPS) is 16.6. The predicted octanol–water partition coefficient (Wildman–Crippen LogP) is 1.81. The first-order valence-electron chi connectivity index (χ1n) is 6.55.